The molecule has 1 aromatic carbocycles. The lowest BCUT2D eigenvalue weighted by Crippen LogP contribution is -2.38. The van der Waals surface area contributed by atoms with E-state index in [-0.39, 0.29) is 24.9 Å². The lowest BCUT2D eigenvalue weighted by molar-refractivity contribution is -0.144. The summed E-state index contributed by atoms with van der Waals surface area (Å²) < 4.78 is 10.7. The monoisotopic (exact) mass is 349 g/mol. The van der Waals surface area contributed by atoms with E-state index in [4.69, 9.17) is 9.47 Å². The molecule has 0 N–H and O–H groups in total. The van der Waals surface area contributed by atoms with Crippen LogP contribution < -0.4 is 4.74 Å². The van der Waals surface area contributed by atoms with Gasteiger partial charge < -0.3 is 14.4 Å². The molecule has 1 amide bonds. The number of hydrogen-bond donors (Lipinski definition) is 0. The summed E-state index contributed by atoms with van der Waals surface area (Å²) in [6, 6.07) is 5.80. The molecule has 0 atom stereocenters. The molecule has 0 aliphatic carbocycles. The Labute approximate surface area is 151 Å². The Balaban J connectivity index is 2.64. The molecule has 0 aliphatic rings. The van der Waals surface area contributed by atoms with Crippen molar-refractivity contribution in [1.29, 1.82) is 0 Å². The average Bonchev–Trinajstić information content (AvgIpc) is 2.56. The minimum absolute atomic E-state index is 0.0226. The fourth-order valence-electron chi connectivity index (χ4n) is 2.35. The highest BCUT2D eigenvalue weighted by Crippen LogP contribution is 2.20. The Morgan fingerprint density at radius 3 is 2.52 bits per heavy atom. The summed E-state index contributed by atoms with van der Waals surface area (Å²) in [6.45, 7) is 11.3. The molecule has 1 rings (SSSR count). The van der Waals surface area contributed by atoms with Gasteiger partial charge in [-0.3, -0.25) is 9.59 Å². The van der Waals surface area contributed by atoms with E-state index >= 15 is 0 Å². The van der Waals surface area contributed by atoms with Gasteiger partial charge in [-0.1, -0.05) is 26.0 Å². The third-order valence-electron chi connectivity index (χ3n) is 4.13. The molecular formula is C20H31NO4. The van der Waals surface area contributed by atoms with Gasteiger partial charge in [-0.05, 0) is 50.3 Å². The second kappa shape index (κ2) is 10.7. The molecule has 0 heterocycles. The van der Waals surface area contributed by atoms with Crippen LogP contribution in [0.1, 0.15) is 44.7 Å². The normalized spacial score (nSPS) is 10.6. The Hall–Kier alpha value is -2.04. The molecule has 0 unspecified atom stereocenters. The standard InChI is InChI=1S/C20H31NO4/c1-6-24-20(23)11-13-21(12-10-15(2)3)19(22)14-25-18-9-7-8-16(4)17(18)5/h7-9,15H,6,10-14H2,1-5H3. The molecule has 0 fully saturated rings. The first-order valence-electron chi connectivity index (χ1n) is 8.97. The number of esters is 1. The summed E-state index contributed by atoms with van der Waals surface area (Å²) in [6.07, 6.45) is 1.10. The van der Waals surface area contributed by atoms with Gasteiger partial charge in [-0.2, -0.15) is 0 Å². The van der Waals surface area contributed by atoms with Gasteiger partial charge in [0.2, 0.25) is 0 Å². The van der Waals surface area contributed by atoms with Crippen LogP contribution in [0.15, 0.2) is 18.2 Å². The lowest BCUT2D eigenvalue weighted by atomic mass is 10.1. The molecule has 1 aromatic rings. The number of aryl methyl sites for hydroxylation is 1. The molecular weight excluding hydrogens is 318 g/mol. The quantitative estimate of drug-likeness (QED) is 0.607. The van der Waals surface area contributed by atoms with Crippen LogP contribution in [0.2, 0.25) is 0 Å². The highest BCUT2D eigenvalue weighted by molar-refractivity contribution is 5.78. The average molecular weight is 349 g/mol. The second-order valence-corrected chi connectivity index (χ2v) is 6.61. The number of amides is 1. The summed E-state index contributed by atoms with van der Waals surface area (Å²) in [5.74, 6) is 0.825. The van der Waals surface area contributed by atoms with Gasteiger partial charge in [0.1, 0.15) is 5.75 Å². The van der Waals surface area contributed by atoms with Crippen LogP contribution >= 0.6 is 0 Å². The van der Waals surface area contributed by atoms with Crippen molar-refractivity contribution in [3.05, 3.63) is 29.3 Å². The molecule has 25 heavy (non-hydrogen) atoms. The Bertz CT molecular complexity index is 569. The number of carbonyl (C=O) groups is 2. The van der Waals surface area contributed by atoms with Gasteiger partial charge in [-0.15, -0.1) is 0 Å². The molecule has 0 spiro atoms. The van der Waals surface area contributed by atoms with Crippen LogP contribution in [0, 0.1) is 19.8 Å². The maximum Gasteiger partial charge on any atom is 0.307 e. The Kier molecular flexibility index (Phi) is 9.03. The second-order valence-electron chi connectivity index (χ2n) is 6.61. The molecule has 0 bridgehead atoms. The van der Waals surface area contributed by atoms with Crippen molar-refractivity contribution in [3.8, 4) is 5.75 Å². The smallest absolute Gasteiger partial charge is 0.307 e. The van der Waals surface area contributed by atoms with E-state index in [0.717, 1.165) is 23.3 Å². The zero-order valence-corrected chi connectivity index (χ0v) is 16.1. The molecule has 0 radical (unpaired) electrons. The summed E-state index contributed by atoms with van der Waals surface area (Å²) in [4.78, 5) is 25.8. The van der Waals surface area contributed by atoms with Crippen LogP contribution in [0.3, 0.4) is 0 Å². The topological polar surface area (TPSA) is 55.8 Å². The summed E-state index contributed by atoms with van der Waals surface area (Å²) in [5, 5.41) is 0. The number of hydrogen-bond acceptors (Lipinski definition) is 4. The first-order valence-corrected chi connectivity index (χ1v) is 8.97. The van der Waals surface area contributed by atoms with Gasteiger partial charge in [0.05, 0.1) is 13.0 Å². The maximum atomic E-state index is 12.5. The first-order chi connectivity index (χ1) is 11.8. The molecule has 5 nitrogen and oxygen atoms in total. The first kappa shape index (κ1) is 21.0. The van der Waals surface area contributed by atoms with Crippen molar-refractivity contribution in [2.45, 2.75) is 47.5 Å². The number of rotatable bonds is 10. The van der Waals surface area contributed by atoms with E-state index in [9.17, 15) is 9.59 Å². The lowest BCUT2D eigenvalue weighted by Gasteiger charge is -2.23. The minimum atomic E-state index is -0.278. The minimum Gasteiger partial charge on any atom is -0.483 e. The van der Waals surface area contributed by atoms with E-state index < -0.39 is 0 Å². The zero-order valence-electron chi connectivity index (χ0n) is 16.1. The van der Waals surface area contributed by atoms with Gasteiger partial charge in [0.25, 0.3) is 5.91 Å². The number of ether oxygens (including phenoxy) is 2. The molecule has 0 saturated carbocycles. The fourth-order valence-corrected chi connectivity index (χ4v) is 2.35. The highest BCUT2D eigenvalue weighted by Gasteiger charge is 2.17. The molecule has 0 saturated heterocycles. The molecule has 0 aliphatic heterocycles. The van der Waals surface area contributed by atoms with E-state index in [1.54, 1.807) is 11.8 Å². The van der Waals surface area contributed by atoms with E-state index in [0.29, 0.717) is 25.6 Å². The van der Waals surface area contributed by atoms with Crippen LogP contribution in [0.4, 0.5) is 0 Å². The maximum absolute atomic E-state index is 12.5. The van der Waals surface area contributed by atoms with Crippen molar-refractivity contribution in [2.75, 3.05) is 26.3 Å². The molecule has 0 aromatic heterocycles. The van der Waals surface area contributed by atoms with Crippen molar-refractivity contribution in [1.82, 2.24) is 4.90 Å². The van der Waals surface area contributed by atoms with Crippen LogP contribution in [-0.2, 0) is 14.3 Å². The van der Waals surface area contributed by atoms with E-state index in [2.05, 4.69) is 13.8 Å². The van der Waals surface area contributed by atoms with Gasteiger partial charge in [-0.25, -0.2) is 0 Å². The predicted octanol–water partition coefficient (Wildman–Crippen LogP) is 3.51. The number of benzene rings is 1. The van der Waals surface area contributed by atoms with E-state index in [1.807, 2.05) is 32.0 Å². The van der Waals surface area contributed by atoms with Crippen molar-refractivity contribution in [2.24, 2.45) is 5.92 Å². The Morgan fingerprint density at radius 2 is 1.88 bits per heavy atom. The summed E-state index contributed by atoms with van der Waals surface area (Å²) >= 11 is 0. The van der Waals surface area contributed by atoms with Crippen LogP contribution in [-0.4, -0.2) is 43.1 Å². The molecule has 5 heteroatoms. The third kappa shape index (κ3) is 7.59. The highest BCUT2D eigenvalue weighted by atomic mass is 16.5. The van der Waals surface area contributed by atoms with Gasteiger partial charge >= 0.3 is 5.97 Å². The SMILES string of the molecule is CCOC(=O)CCN(CCC(C)C)C(=O)COc1cccc(C)c1C. The van der Waals surface area contributed by atoms with Crippen LogP contribution in [0.25, 0.3) is 0 Å². The summed E-state index contributed by atoms with van der Waals surface area (Å²) in [7, 11) is 0. The van der Waals surface area contributed by atoms with Crippen molar-refractivity contribution >= 4 is 11.9 Å². The van der Waals surface area contributed by atoms with Crippen molar-refractivity contribution in [3.63, 3.8) is 0 Å². The zero-order chi connectivity index (χ0) is 18.8. The van der Waals surface area contributed by atoms with E-state index in [1.165, 1.54) is 0 Å². The molecule has 140 valence electrons. The van der Waals surface area contributed by atoms with Gasteiger partial charge in [0, 0.05) is 13.1 Å². The van der Waals surface area contributed by atoms with Crippen molar-refractivity contribution < 1.29 is 19.1 Å². The number of carbonyl (C=O) groups excluding carboxylic acids is 2. The van der Waals surface area contributed by atoms with Gasteiger partial charge in [0.15, 0.2) is 6.61 Å². The predicted molar refractivity (Wildman–Crippen MR) is 98.7 cm³/mol. The third-order valence-corrected chi connectivity index (χ3v) is 4.13. The number of nitrogens with zero attached hydrogens (tertiary/aromatic N) is 1. The Morgan fingerprint density at radius 1 is 1.16 bits per heavy atom. The fraction of sp³-hybridized carbons (Fsp3) is 0.600. The van der Waals surface area contributed by atoms with Crippen LogP contribution in [0.5, 0.6) is 5.75 Å². The summed E-state index contributed by atoms with van der Waals surface area (Å²) in [5.41, 5.74) is 2.17. The largest absolute Gasteiger partial charge is 0.483 e.